The van der Waals surface area contributed by atoms with Gasteiger partial charge in [-0.3, -0.25) is 0 Å². The van der Waals surface area contributed by atoms with Crippen molar-refractivity contribution < 1.29 is 14.3 Å². The normalized spacial score (nSPS) is 18.1. The summed E-state index contributed by atoms with van der Waals surface area (Å²) in [7, 11) is 0. The van der Waals surface area contributed by atoms with E-state index < -0.39 is 0 Å². The van der Waals surface area contributed by atoms with Gasteiger partial charge >= 0.3 is 6.03 Å². The number of carbonyl (C=O) groups is 1. The van der Waals surface area contributed by atoms with E-state index in [0.717, 1.165) is 29.9 Å². The Morgan fingerprint density at radius 3 is 2.68 bits per heavy atom. The predicted molar refractivity (Wildman–Crippen MR) is 83.6 cm³/mol. The van der Waals surface area contributed by atoms with Crippen LogP contribution in [-0.2, 0) is 0 Å². The van der Waals surface area contributed by atoms with Gasteiger partial charge in [0, 0.05) is 11.6 Å². The summed E-state index contributed by atoms with van der Waals surface area (Å²) in [6.07, 6.45) is 4.48. The highest BCUT2D eigenvalue weighted by atomic mass is 16.6. The van der Waals surface area contributed by atoms with Crippen LogP contribution >= 0.6 is 0 Å². The largest absolute Gasteiger partial charge is 0.486 e. The lowest BCUT2D eigenvalue weighted by Gasteiger charge is -2.18. The molecule has 2 N–H and O–H groups in total. The van der Waals surface area contributed by atoms with Crippen LogP contribution in [0.25, 0.3) is 0 Å². The number of hydrazone groups is 1. The van der Waals surface area contributed by atoms with Crippen molar-refractivity contribution in [1.82, 2.24) is 10.7 Å². The monoisotopic (exact) mass is 303 g/mol. The first-order valence-electron chi connectivity index (χ1n) is 7.73. The number of nitrogens with one attached hydrogen (secondary N) is 2. The van der Waals surface area contributed by atoms with Crippen molar-refractivity contribution in [2.75, 3.05) is 13.2 Å². The van der Waals surface area contributed by atoms with Gasteiger partial charge in [-0.1, -0.05) is 12.8 Å². The molecule has 0 aromatic heterocycles. The van der Waals surface area contributed by atoms with E-state index in [2.05, 4.69) is 15.8 Å². The lowest BCUT2D eigenvalue weighted by atomic mass is 10.1. The molecular formula is C16H21N3O3. The highest BCUT2D eigenvalue weighted by Gasteiger charge is 2.17. The number of hydrogen-bond acceptors (Lipinski definition) is 4. The number of nitrogens with zero attached hydrogens (tertiary/aromatic N) is 1. The van der Waals surface area contributed by atoms with Gasteiger partial charge in [-0.2, -0.15) is 5.10 Å². The predicted octanol–water partition coefficient (Wildman–Crippen LogP) is 2.42. The van der Waals surface area contributed by atoms with Crippen LogP contribution in [0.4, 0.5) is 4.79 Å². The van der Waals surface area contributed by atoms with Gasteiger partial charge in [-0.05, 0) is 38.0 Å². The van der Waals surface area contributed by atoms with Gasteiger partial charge in [0.1, 0.15) is 13.2 Å². The molecule has 0 spiro atoms. The Hall–Kier alpha value is -2.24. The van der Waals surface area contributed by atoms with Crippen LogP contribution < -0.4 is 20.2 Å². The molecule has 118 valence electrons. The van der Waals surface area contributed by atoms with E-state index in [1.54, 1.807) is 0 Å². The molecule has 22 heavy (non-hydrogen) atoms. The topological polar surface area (TPSA) is 72.0 Å². The summed E-state index contributed by atoms with van der Waals surface area (Å²) in [5.74, 6) is 1.46. The number of rotatable bonds is 3. The van der Waals surface area contributed by atoms with Gasteiger partial charge in [0.15, 0.2) is 11.5 Å². The Balaban J connectivity index is 1.60. The number of urea groups is 1. The molecule has 6 nitrogen and oxygen atoms in total. The summed E-state index contributed by atoms with van der Waals surface area (Å²) in [5, 5.41) is 7.08. The standard InChI is InChI=1S/C16H21N3O3/c1-11(18-19-16(20)17-13-4-2-3-5-13)12-6-7-14-15(10-12)22-9-8-21-14/h6-7,10,13H,2-5,8-9H2,1H3,(H2,17,19,20)/b18-11-. The number of fused-ring (bicyclic) bond motifs is 1. The molecule has 1 aliphatic carbocycles. The van der Waals surface area contributed by atoms with E-state index in [0.29, 0.717) is 19.0 Å². The zero-order valence-corrected chi connectivity index (χ0v) is 12.7. The van der Waals surface area contributed by atoms with Crippen molar-refractivity contribution in [2.45, 2.75) is 38.6 Å². The average molecular weight is 303 g/mol. The van der Waals surface area contributed by atoms with Crippen LogP contribution in [0.5, 0.6) is 11.5 Å². The first-order valence-corrected chi connectivity index (χ1v) is 7.73. The minimum Gasteiger partial charge on any atom is -0.486 e. The van der Waals surface area contributed by atoms with E-state index in [4.69, 9.17) is 9.47 Å². The SMILES string of the molecule is C/C(=N/NC(=O)NC1CCCC1)c1ccc2c(c1)OCCO2. The molecule has 1 heterocycles. The third-order valence-electron chi connectivity index (χ3n) is 3.98. The first kappa shape index (κ1) is 14.7. The lowest BCUT2D eigenvalue weighted by Crippen LogP contribution is -2.39. The van der Waals surface area contributed by atoms with Gasteiger partial charge in [0.2, 0.25) is 0 Å². The number of hydrogen-bond donors (Lipinski definition) is 2. The number of ether oxygens (including phenoxy) is 2. The van der Waals surface area contributed by atoms with Gasteiger partial charge in [0.05, 0.1) is 5.71 Å². The van der Waals surface area contributed by atoms with E-state index in [-0.39, 0.29) is 12.1 Å². The molecule has 0 atom stereocenters. The van der Waals surface area contributed by atoms with Crippen LogP contribution in [0.15, 0.2) is 23.3 Å². The fourth-order valence-corrected chi connectivity index (χ4v) is 2.76. The molecule has 1 fully saturated rings. The maximum absolute atomic E-state index is 11.8. The second-order valence-corrected chi connectivity index (χ2v) is 5.62. The molecule has 0 radical (unpaired) electrons. The molecule has 0 saturated heterocycles. The van der Waals surface area contributed by atoms with Gasteiger partial charge in [-0.25, -0.2) is 10.2 Å². The number of carbonyl (C=O) groups excluding carboxylic acids is 1. The Labute approximate surface area is 129 Å². The van der Waals surface area contributed by atoms with Gasteiger partial charge in [0.25, 0.3) is 0 Å². The maximum Gasteiger partial charge on any atom is 0.335 e. The van der Waals surface area contributed by atoms with Crippen LogP contribution in [0.1, 0.15) is 38.2 Å². The summed E-state index contributed by atoms with van der Waals surface area (Å²) in [5.41, 5.74) is 4.17. The van der Waals surface area contributed by atoms with Crippen LogP contribution in [0.3, 0.4) is 0 Å². The summed E-state index contributed by atoms with van der Waals surface area (Å²) in [6.45, 7) is 2.97. The Morgan fingerprint density at radius 2 is 1.91 bits per heavy atom. The van der Waals surface area contributed by atoms with Gasteiger partial charge in [-0.15, -0.1) is 0 Å². The zero-order chi connectivity index (χ0) is 15.4. The van der Waals surface area contributed by atoms with Crippen molar-refractivity contribution in [3.63, 3.8) is 0 Å². The fourth-order valence-electron chi connectivity index (χ4n) is 2.76. The minimum atomic E-state index is -0.246. The third-order valence-corrected chi connectivity index (χ3v) is 3.98. The van der Waals surface area contributed by atoms with Gasteiger partial charge < -0.3 is 14.8 Å². The molecule has 1 aromatic rings. The average Bonchev–Trinajstić information content (AvgIpc) is 3.05. The highest BCUT2D eigenvalue weighted by molar-refractivity contribution is 5.99. The molecule has 6 heteroatoms. The smallest absolute Gasteiger partial charge is 0.335 e. The van der Waals surface area contributed by atoms with Crippen molar-refractivity contribution in [3.8, 4) is 11.5 Å². The van der Waals surface area contributed by atoms with E-state index in [9.17, 15) is 4.79 Å². The quantitative estimate of drug-likeness (QED) is 0.665. The van der Waals surface area contributed by atoms with E-state index in [1.165, 1.54) is 12.8 Å². The molecule has 3 rings (SSSR count). The fraction of sp³-hybridized carbons (Fsp3) is 0.500. The lowest BCUT2D eigenvalue weighted by molar-refractivity contribution is 0.171. The molecule has 1 aromatic carbocycles. The first-order chi connectivity index (χ1) is 10.7. The second kappa shape index (κ2) is 6.68. The number of amides is 2. The molecular weight excluding hydrogens is 282 g/mol. The molecule has 1 aliphatic heterocycles. The zero-order valence-electron chi connectivity index (χ0n) is 12.7. The molecule has 0 bridgehead atoms. The Kier molecular flexibility index (Phi) is 4.46. The summed E-state index contributed by atoms with van der Waals surface area (Å²) in [4.78, 5) is 11.8. The minimum absolute atomic E-state index is 0.246. The van der Waals surface area contributed by atoms with Crippen molar-refractivity contribution >= 4 is 11.7 Å². The molecule has 1 saturated carbocycles. The number of benzene rings is 1. The summed E-state index contributed by atoms with van der Waals surface area (Å²) < 4.78 is 11.0. The van der Waals surface area contributed by atoms with E-state index in [1.807, 2.05) is 25.1 Å². The van der Waals surface area contributed by atoms with Crippen molar-refractivity contribution in [3.05, 3.63) is 23.8 Å². The van der Waals surface area contributed by atoms with Crippen LogP contribution in [0.2, 0.25) is 0 Å². The van der Waals surface area contributed by atoms with Crippen molar-refractivity contribution in [2.24, 2.45) is 5.10 Å². The van der Waals surface area contributed by atoms with Crippen LogP contribution in [-0.4, -0.2) is 31.0 Å². The summed E-state index contributed by atoms with van der Waals surface area (Å²) >= 11 is 0. The van der Waals surface area contributed by atoms with Crippen LogP contribution in [0, 0.1) is 0 Å². The molecule has 2 aliphatic rings. The Bertz CT molecular complexity index is 580. The van der Waals surface area contributed by atoms with Crippen molar-refractivity contribution in [1.29, 1.82) is 0 Å². The molecule has 2 amide bonds. The Morgan fingerprint density at radius 1 is 1.18 bits per heavy atom. The highest BCUT2D eigenvalue weighted by Crippen LogP contribution is 2.30. The third kappa shape index (κ3) is 3.50. The van der Waals surface area contributed by atoms with E-state index >= 15 is 0 Å². The summed E-state index contributed by atoms with van der Waals surface area (Å²) in [6, 6.07) is 5.68. The maximum atomic E-state index is 11.8. The second-order valence-electron chi connectivity index (χ2n) is 5.62. The molecule has 0 unspecified atom stereocenters.